The third-order valence-electron chi connectivity index (χ3n) is 5.35. The van der Waals surface area contributed by atoms with Crippen molar-refractivity contribution in [3.8, 4) is 0 Å². The van der Waals surface area contributed by atoms with Gasteiger partial charge in [-0.25, -0.2) is 0 Å². The lowest BCUT2D eigenvalue weighted by atomic mass is 10.1. The molecule has 0 N–H and O–H groups in total. The molecule has 0 amide bonds. The normalized spacial score (nSPS) is 12.2. The summed E-state index contributed by atoms with van der Waals surface area (Å²) >= 11 is 0. The molecule has 0 saturated carbocycles. The van der Waals surface area contributed by atoms with Gasteiger partial charge in [-0.3, -0.25) is 0 Å². The number of rotatable bonds is 20. The Morgan fingerprint density at radius 1 is 0.577 bits per heavy atom. The summed E-state index contributed by atoms with van der Waals surface area (Å²) < 4.78 is 16.4. The highest BCUT2D eigenvalue weighted by Crippen LogP contribution is 2.15. The molecule has 0 aromatic heterocycles. The molecule has 26 heavy (non-hydrogen) atoms. The van der Waals surface area contributed by atoms with Gasteiger partial charge < -0.3 is 18.2 Å². The average Bonchev–Trinajstić information content (AvgIpc) is 2.66. The van der Waals surface area contributed by atoms with Crippen molar-refractivity contribution in [2.45, 2.75) is 96.4 Å². The van der Waals surface area contributed by atoms with Crippen LogP contribution in [-0.4, -0.2) is 55.2 Å². The Labute approximate surface area is 165 Å². The molecule has 0 spiro atoms. The van der Waals surface area contributed by atoms with E-state index >= 15 is 0 Å². The maximum Gasteiger partial charge on any atom is 0.500 e. The number of unbranched alkanes of at least 4 members (excludes halogenated alkanes) is 11. The fourth-order valence-electron chi connectivity index (χ4n) is 3.46. The van der Waals surface area contributed by atoms with Crippen LogP contribution in [0, 0.1) is 0 Å². The van der Waals surface area contributed by atoms with Crippen LogP contribution in [0.2, 0.25) is 6.04 Å². The molecule has 0 saturated heterocycles. The molecule has 0 aliphatic carbocycles. The van der Waals surface area contributed by atoms with Crippen LogP contribution in [-0.2, 0) is 13.3 Å². The second-order valence-electron chi connectivity index (χ2n) is 7.59. The van der Waals surface area contributed by atoms with E-state index in [1.165, 1.54) is 83.6 Å². The minimum atomic E-state index is -2.38. The standard InChI is InChI=1S/C21H47NO3Si/c1-6-7-8-9-10-11-12-13-14-15-16-17-19-22(2)20-18-21-26(23-3,24-4)25-5/h6-21H2,1-5H3. The molecule has 0 heterocycles. The summed E-state index contributed by atoms with van der Waals surface area (Å²) in [7, 11) is 4.91. The van der Waals surface area contributed by atoms with Gasteiger partial charge in [-0.05, 0) is 33.0 Å². The molecule has 0 aromatic rings. The second-order valence-corrected chi connectivity index (χ2v) is 10.7. The van der Waals surface area contributed by atoms with Crippen molar-refractivity contribution in [3.05, 3.63) is 0 Å². The first-order valence-corrected chi connectivity index (χ1v) is 12.9. The Kier molecular flexibility index (Phi) is 18.5. The van der Waals surface area contributed by atoms with Crippen molar-refractivity contribution < 1.29 is 13.3 Å². The summed E-state index contributed by atoms with van der Waals surface area (Å²) in [6.45, 7) is 4.57. The van der Waals surface area contributed by atoms with E-state index in [0.29, 0.717) is 0 Å². The molecule has 0 unspecified atom stereocenters. The van der Waals surface area contributed by atoms with Crippen molar-refractivity contribution in [1.82, 2.24) is 4.90 Å². The first kappa shape index (κ1) is 26.1. The zero-order chi connectivity index (χ0) is 19.5. The molecular formula is C21H47NO3Si. The lowest BCUT2D eigenvalue weighted by molar-refractivity contribution is 0.122. The average molecular weight is 390 g/mol. The van der Waals surface area contributed by atoms with Gasteiger partial charge in [0.15, 0.2) is 0 Å². The van der Waals surface area contributed by atoms with Gasteiger partial charge in [0, 0.05) is 27.4 Å². The van der Waals surface area contributed by atoms with Gasteiger partial charge in [-0.1, -0.05) is 77.6 Å². The lowest BCUT2D eigenvalue weighted by Crippen LogP contribution is -2.43. The van der Waals surface area contributed by atoms with E-state index in [2.05, 4.69) is 18.9 Å². The minimum absolute atomic E-state index is 0.888. The van der Waals surface area contributed by atoms with Crippen LogP contribution in [0.4, 0.5) is 0 Å². The van der Waals surface area contributed by atoms with Crippen LogP contribution >= 0.6 is 0 Å². The highest BCUT2D eigenvalue weighted by Gasteiger charge is 2.36. The third-order valence-corrected chi connectivity index (χ3v) is 8.18. The summed E-state index contributed by atoms with van der Waals surface area (Å²) in [6, 6.07) is 0.888. The molecule has 5 heteroatoms. The van der Waals surface area contributed by atoms with Gasteiger partial charge in [0.2, 0.25) is 0 Å². The molecule has 0 rings (SSSR count). The van der Waals surface area contributed by atoms with Crippen LogP contribution in [0.1, 0.15) is 90.4 Å². The number of hydrogen-bond acceptors (Lipinski definition) is 4. The molecule has 0 bridgehead atoms. The maximum atomic E-state index is 5.47. The topological polar surface area (TPSA) is 30.9 Å². The molecule has 0 aliphatic heterocycles. The van der Waals surface area contributed by atoms with E-state index in [1.54, 1.807) is 21.3 Å². The van der Waals surface area contributed by atoms with E-state index < -0.39 is 8.80 Å². The van der Waals surface area contributed by atoms with Gasteiger partial charge in [0.25, 0.3) is 0 Å². The van der Waals surface area contributed by atoms with Gasteiger partial charge in [-0.15, -0.1) is 0 Å². The molecule has 0 aromatic carbocycles. The lowest BCUT2D eigenvalue weighted by Gasteiger charge is -2.25. The minimum Gasteiger partial charge on any atom is -0.377 e. The van der Waals surface area contributed by atoms with Crippen molar-refractivity contribution >= 4 is 8.80 Å². The fraction of sp³-hybridized carbons (Fsp3) is 1.00. The van der Waals surface area contributed by atoms with E-state index in [4.69, 9.17) is 13.3 Å². The second kappa shape index (κ2) is 18.4. The van der Waals surface area contributed by atoms with Crippen LogP contribution in [0.25, 0.3) is 0 Å². The molecular weight excluding hydrogens is 342 g/mol. The molecule has 0 radical (unpaired) electrons. The van der Waals surface area contributed by atoms with E-state index in [0.717, 1.165) is 19.0 Å². The van der Waals surface area contributed by atoms with Crippen molar-refractivity contribution in [2.75, 3.05) is 41.5 Å². The maximum absolute atomic E-state index is 5.47. The van der Waals surface area contributed by atoms with Crippen molar-refractivity contribution in [2.24, 2.45) is 0 Å². The molecule has 0 fully saturated rings. The highest BCUT2D eigenvalue weighted by molar-refractivity contribution is 6.60. The van der Waals surface area contributed by atoms with Gasteiger partial charge >= 0.3 is 8.80 Å². The summed E-state index contributed by atoms with van der Waals surface area (Å²) in [4.78, 5) is 2.43. The van der Waals surface area contributed by atoms with Gasteiger partial charge in [-0.2, -0.15) is 0 Å². The van der Waals surface area contributed by atoms with Gasteiger partial charge in [0.1, 0.15) is 0 Å². The Bertz CT molecular complexity index is 280. The van der Waals surface area contributed by atoms with Crippen LogP contribution < -0.4 is 0 Å². The molecule has 4 nitrogen and oxygen atoms in total. The van der Waals surface area contributed by atoms with Crippen LogP contribution in [0.5, 0.6) is 0 Å². The third kappa shape index (κ3) is 14.2. The Morgan fingerprint density at radius 3 is 1.38 bits per heavy atom. The SMILES string of the molecule is CCCCCCCCCCCCCCN(C)CCC[Si](OC)(OC)OC. The van der Waals surface area contributed by atoms with E-state index in [1.807, 2.05) is 0 Å². The zero-order valence-corrected chi connectivity index (χ0v) is 19.5. The Hall–Kier alpha value is 0.0569. The Morgan fingerprint density at radius 2 is 0.962 bits per heavy atom. The smallest absolute Gasteiger partial charge is 0.377 e. The van der Waals surface area contributed by atoms with Crippen molar-refractivity contribution in [3.63, 3.8) is 0 Å². The predicted octanol–water partition coefficient (Wildman–Crippen LogP) is 5.89. The molecule has 0 aliphatic rings. The quantitative estimate of drug-likeness (QED) is 0.192. The number of hydrogen-bond donors (Lipinski definition) is 0. The fourth-order valence-corrected chi connectivity index (χ4v) is 5.16. The largest absolute Gasteiger partial charge is 0.500 e. The monoisotopic (exact) mass is 389 g/mol. The van der Waals surface area contributed by atoms with E-state index in [-0.39, 0.29) is 0 Å². The van der Waals surface area contributed by atoms with Gasteiger partial charge in [0.05, 0.1) is 0 Å². The van der Waals surface area contributed by atoms with E-state index in [9.17, 15) is 0 Å². The Balaban J connectivity index is 3.40. The number of nitrogens with zero attached hydrogens (tertiary/aromatic N) is 1. The first-order valence-electron chi connectivity index (χ1n) is 11.0. The first-order chi connectivity index (χ1) is 12.6. The van der Waals surface area contributed by atoms with Crippen molar-refractivity contribution in [1.29, 1.82) is 0 Å². The zero-order valence-electron chi connectivity index (χ0n) is 18.5. The summed E-state index contributed by atoms with van der Waals surface area (Å²) in [5, 5.41) is 0. The summed E-state index contributed by atoms with van der Waals surface area (Å²) in [5.74, 6) is 0. The summed E-state index contributed by atoms with van der Waals surface area (Å²) in [6.07, 6.45) is 18.0. The molecule has 0 atom stereocenters. The molecule has 158 valence electrons. The van der Waals surface area contributed by atoms with Crippen LogP contribution in [0.15, 0.2) is 0 Å². The predicted molar refractivity (Wildman–Crippen MR) is 115 cm³/mol. The highest BCUT2D eigenvalue weighted by atomic mass is 28.4. The van der Waals surface area contributed by atoms with Crippen LogP contribution in [0.3, 0.4) is 0 Å². The summed E-state index contributed by atoms with van der Waals surface area (Å²) in [5.41, 5.74) is 0.